The SMILES string of the molecule is CC(=O)NC(C)c1ccc(-c2csc(NC(=O)CCc3nc(-c4ccsc4)no3)n2)cc1. The predicted octanol–water partition coefficient (Wildman–Crippen LogP) is 4.69. The number of carbonyl (C=O) groups excluding carboxylic acids is 2. The van der Waals surface area contributed by atoms with Crippen molar-refractivity contribution in [3.8, 4) is 22.6 Å². The van der Waals surface area contributed by atoms with Crippen molar-refractivity contribution in [3.05, 3.63) is 57.9 Å². The van der Waals surface area contributed by atoms with Crippen LogP contribution in [0.4, 0.5) is 5.13 Å². The molecule has 0 radical (unpaired) electrons. The molecule has 0 bridgehead atoms. The monoisotopic (exact) mass is 467 g/mol. The zero-order valence-electron chi connectivity index (χ0n) is 17.5. The number of hydrogen-bond donors (Lipinski definition) is 2. The lowest BCUT2D eigenvalue weighted by atomic mass is 10.1. The van der Waals surface area contributed by atoms with Crippen LogP contribution in [0.25, 0.3) is 22.6 Å². The second-order valence-electron chi connectivity index (χ2n) is 7.15. The van der Waals surface area contributed by atoms with E-state index in [0.29, 0.717) is 23.3 Å². The van der Waals surface area contributed by atoms with Crippen LogP contribution < -0.4 is 10.6 Å². The van der Waals surface area contributed by atoms with Gasteiger partial charge in [0.2, 0.25) is 23.5 Å². The van der Waals surface area contributed by atoms with Gasteiger partial charge in [0.05, 0.1) is 11.7 Å². The van der Waals surface area contributed by atoms with Crippen molar-refractivity contribution in [2.75, 3.05) is 5.32 Å². The van der Waals surface area contributed by atoms with E-state index in [9.17, 15) is 9.59 Å². The summed E-state index contributed by atoms with van der Waals surface area (Å²) in [4.78, 5) is 32.4. The molecule has 1 atom stereocenters. The van der Waals surface area contributed by atoms with Gasteiger partial charge in [-0.3, -0.25) is 9.59 Å². The van der Waals surface area contributed by atoms with Crippen LogP contribution in [-0.4, -0.2) is 26.9 Å². The van der Waals surface area contributed by atoms with Crippen molar-refractivity contribution in [1.29, 1.82) is 0 Å². The summed E-state index contributed by atoms with van der Waals surface area (Å²) in [6.45, 7) is 3.43. The van der Waals surface area contributed by atoms with Gasteiger partial charge in [-0.2, -0.15) is 16.3 Å². The number of rotatable bonds is 8. The average molecular weight is 468 g/mol. The number of thiophene rings is 1. The summed E-state index contributed by atoms with van der Waals surface area (Å²) in [6.07, 6.45) is 0.574. The van der Waals surface area contributed by atoms with Crippen LogP contribution in [0, 0.1) is 0 Å². The molecule has 0 saturated heterocycles. The lowest BCUT2D eigenvalue weighted by Crippen LogP contribution is -2.23. The minimum atomic E-state index is -0.166. The number of nitrogens with one attached hydrogen (secondary N) is 2. The Bertz CT molecular complexity index is 1200. The highest BCUT2D eigenvalue weighted by molar-refractivity contribution is 7.14. The number of benzene rings is 1. The van der Waals surface area contributed by atoms with Gasteiger partial charge in [-0.05, 0) is 23.9 Å². The van der Waals surface area contributed by atoms with Gasteiger partial charge in [-0.1, -0.05) is 29.4 Å². The van der Waals surface area contributed by atoms with Gasteiger partial charge in [0.25, 0.3) is 0 Å². The molecule has 0 aliphatic heterocycles. The highest BCUT2D eigenvalue weighted by Crippen LogP contribution is 2.26. The zero-order chi connectivity index (χ0) is 22.5. The maximum Gasteiger partial charge on any atom is 0.227 e. The van der Waals surface area contributed by atoms with Crippen LogP contribution in [0.1, 0.15) is 37.8 Å². The highest BCUT2D eigenvalue weighted by Gasteiger charge is 2.13. The van der Waals surface area contributed by atoms with Crippen molar-refractivity contribution in [1.82, 2.24) is 20.4 Å². The number of carbonyl (C=O) groups is 2. The fourth-order valence-electron chi connectivity index (χ4n) is 3.06. The Balaban J connectivity index is 1.31. The molecule has 8 nitrogen and oxygen atoms in total. The molecule has 3 heterocycles. The molecule has 2 amide bonds. The van der Waals surface area contributed by atoms with E-state index >= 15 is 0 Å². The minimum Gasteiger partial charge on any atom is -0.350 e. The minimum absolute atomic E-state index is 0.0630. The molecule has 3 aromatic heterocycles. The molecule has 1 aromatic carbocycles. The van der Waals surface area contributed by atoms with Crippen LogP contribution >= 0.6 is 22.7 Å². The molecule has 10 heteroatoms. The standard InChI is InChI=1S/C22H21N5O3S2/c1-13(23-14(2)28)15-3-5-16(6-4-15)18-12-32-22(24-18)25-19(29)7-8-20-26-21(27-30-20)17-9-10-31-11-17/h3-6,9-13H,7-8H2,1-2H3,(H,23,28)(H,24,25,29). The third-order valence-electron chi connectivity index (χ3n) is 4.69. The highest BCUT2D eigenvalue weighted by atomic mass is 32.1. The first-order valence-electron chi connectivity index (χ1n) is 9.96. The molecule has 0 saturated carbocycles. The molecule has 0 spiro atoms. The summed E-state index contributed by atoms with van der Waals surface area (Å²) >= 11 is 2.93. The Kier molecular flexibility index (Phi) is 6.72. The quantitative estimate of drug-likeness (QED) is 0.389. The number of hydrogen-bond acceptors (Lipinski definition) is 8. The van der Waals surface area contributed by atoms with E-state index in [4.69, 9.17) is 4.52 Å². The lowest BCUT2D eigenvalue weighted by molar-refractivity contribution is -0.119. The molecular formula is C22H21N5O3S2. The maximum atomic E-state index is 12.3. The number of amides is 2. The second kappa shape index (κ2) is 9.84. The number of aryl methyl sites for hydroxylation is 1. The normalized spacial score (nSPS) is 11.8. The van der Waals surface area contributed by atoms with E-state index < -0.39 is 0 Å². The first-order valence-corrected chi connectivity index (χ1v) is 11.8. The van der Waals surface area contributed by atoms with E-state index in [2.05, 4.69) is 25.8 Å². The van der Waals surface area contributed by atoms with Gasteiger partial charge in [0.1, 0.15) is 0 Å². The van der Waals surface area contributed by atoms with Crippen LogP contribution in [0.15, 0.2) is 51.0 Å². The van der Waals surface area contributed by atoms with E-state index in [1.54, 1.807) is 11.3 Å². The third-order valence-corrected chi connectivity index (χ3v) is 6.13. The van der Waals surface area contributed by atoms with Gasteiger partial charge >= 0.3 is 0 Å². The number of anilines is 1. The summed E-state index contributed by atoms with van der Waals surface area (Å²) in [7, 11) is 0. The fraction of sp³-hybridized carbons (Fsp3) is 0.227. The average Bonchev–Trinajstić information content (AvgIpc) is 3.53. The molecule has 0 aliphatic carbocycles. The largest absolute Gasteiger partial charge is 0.350 e. The van der Waals surface area contributed by atoms with Crippen molar-refractivity contribution in [2.24, 2.45) is 0 Å². The maximum absolute atomic E-state index is 12.3. The molecule has 164 valence electrons. The zero-order valence-corrected chi connectivity index (χ0v) is 19.1. The summed E-state index contributed by atoms with van der Waals surface area (Å²) in [5, 5.41) is 15.9. The first kappa shape index (κ1) is 21.8. The van der Waals surface area contributed by atoms with Gasteiger partial charge in [0, 0.05) is 41.7 Å². The molecule has 4 rings (SSSR count). The lowest BCUT2D eigenvalue weighted by Gasteiger charge is -2.12. The van der Waals surface area contributed by atoms with Gasteiger partial charge in [0.15, 0.2) is 5.13 Å². The fourth-order valence-corrected chi connectivity index (χ4v) is 4.43. The van der Waals surface area contributed by atoms with E-state index in [1.165, 1.54) is 18.3 Å². The molecule has 0 aliphatic rings. The summed E-state index contributed by atoms with van der Waals surface area (Å²) < 4.78 is 5.23. The third kappa shape index (κ3) is 5.45. The van der Waals surface area contributed by atoms with E-state index in [1.807, 2.05) is 53.4 Å². The Morgan fingerprint density at radius 1 is 1.09 bits per heavy atom. The molecule has 0 fully saturated rings. The summed E-state index contributed by atoms with van der Waals surface area (Å²) in [5.41, 5.74) is 3.63. The van der Waals surface area contributed by atoms with Crippen molar-refractivity contribution >= 4 is 39.6 Å². The smallest absolute Gasteiger partial charge is 0.227 e. The van der Waals surface area contributed by atoms with Crippen LogP contribution in [0.5, 0.6) is 0 Å². The number of thiazole rings is 1. The second-order valence-corrected chi connectivity index (χ2v) is 8.79. The predicted molar refractivity (Wildman–Crippen MR) is 124 cm³/mol. The van der Waals surface area contributed by atoms with E-state index in [-0.39, 0.29) is 24.3 Å². The molecule has 1 unspecified atom stereocenters. The van der Waals surface area contributed by atoms with Crippen molar-refractivity contribution < 1.29 is 14.1 Å². The first-order chi connectivity index (χ1) is 15.5. The molecule has 2 N–H and O–H groups in total. The van der Waals surface area contributed by atoms with E-state index in [0.717, 1.165) is 22.4 Å². The number of aromatic nitrogens is 3. The molecule has 4 aromatic rings. The van der Waals surface area contributed by atoms with Crippen molar-refractivity contribution in [2.45, 2.75) is 32.7 Å². The number of nitrogens with zero attached hydrogens (tertiary/aromatic N) is 3. The van der Waals surface area contributed by atoms with Crippen molar-refractivity contribution in [3.63, 3.8) is 0 Å². The Labute approximate surface area is 192 Å². The van der Waals surface area contributed by atoms with Gasteiger partial charge < -0.3 is 15.2 Å². The topological polar surface area (TPSA) is 110 Å². The van der Waals surface area contributed by atoms with Gasteiger partial charge in [-0.25, -0.2) is 4.98 Å². The van der Waals surface area contributed by atoms with Crippen LogP contribution in [0.3, 0.4) is 0 Å². The Morgan fingerprint density at radius 3 is 2.62 bits per heavy atom. The van der Waals surface area contributed by atoms with Crippen LogP contribution in [0.2, 0.25) is 0 Å². The van der Waals surface area contributed by atoms with Crippen LogP contribution in [-0.2, 0) is 16.0 Å². The Hall–Kier alpha value is -3.37. The van der Waals surface area contributed by atoms with Gasteiger partial charge in [-0.15, -0.1) is 11.3 Å². The summed E-state index contributed by atoms with van der Waals surface area (Å²) in [5.74, 6) is 0.725. The molecular weight excluding hydrogens is 446 g/mol. The summed E-state index contributed by atoms with van der Waals surface area (Å²) in [6, 6.07) is 9.68. The Morgan fingerprint density at radius 2 is 1.91 bits per heavy atom. The molecule has 32 heavy (non-hydrogen) atoms.